The second-order valence-corrected chi connectivity index (χ2v) is 5.24. The van der Waals surface area contributed by atoms with E-state index in [1.54, 1.807) is 12.1 Å². The van der Waals surface area contributed by atoms with E-state index in [0.717, 1.165) is 12.8 Å². The van der Waals surface area contributed by atoms with Gasteiger partial charge in [0.15, 0.2) is 5.69 Å². The van der Waals surface area contributed by atoms with Crippen molar-refractivity contribution in [1.82, 2.24) is 0 Å². The molecule has 1 aromatic carbocycles. The third-order valence-electron chi connectivity index (χ3n) is 3.95. The Labute approximate surface area is 123 Å². The van der Waals surface area contributed by atoms with Gasteiger partial charge in [-0.15, -0.1) is 0 Å². The first-order valence-corrected chi connectivity index (χ1v) is 6.86. The van der Waals surface area contributed by atoms with Gasteiger partial charge in [0.1, 0.15) is 5.75 Å². The molecular weight excluding hydrogens is 276 g/mol. The summed E-state index contributed by atoms with van der Waals surface area (Å²) in [6.07, 6.45) is 1.44. The van der Waals surface area contributed by atoms with Crippen molar-refractivity contribution in [2.75, 3.05) is 38.8 Å². The molecule has 0 unspecified atom stereocenters. The second-order valence-electron chi connectivity index (χ2n) is 5.24. The Kier molecular flexibility index (Phi) is 4.98. The van der Waals surface area contributed by atoms with E-state index in [0.29, 0.717) is 31.2 Å². The van der Waals surface area contributed by atoms with E-state index in [1.807, 2.05) is 0 Å². The molecule has 0 bridgehead atoms. The zero-order valence-electron chi connectivity index (χ0n) is 12.0. The lowest BCUT2D eigenvalue weighted by molar-refractivity contribution is -0.384. The molecule has 116 valence electrons. The van der Waals surface area contributed by atoms with E-state index in [1.165, 1.54) is 13.2 Å². The maximum atomic E-state index is 11.1. The number of aliphatic hydroxyl groups excluding tert-OH is 1. The van der Waals surface area contributed by atoms with Crippen LogP contribution in [0.1, 0.15) is 12.8 Å². The van der Waals surface area contributed by atoms with Gasteiger partial charge in [0.2, 0.25) is 0 Å². The highest BCUT2D eigenvalue weighted by Gasteiger charge is 2.33. The van der Waals surface area contributed by atoms with E-state index in [2.05, 4.69) is 5.32 Å². The lowest BCUT2D eigenvalue weighted by Crippen LogP contribution is -2.39. The van der Waals surface area contributed by atoms with Gasteiger partial charge in [0.05, 0.1) is 18.6 Å². The molecule has 0 spiro atoms. The number of aliphatic hydroxyl groups is 1. The van der Waals surface area contributed by atoms with Crippen LogP contribution in [0.25, 0.3) is 0 Å². The fraction of sp³-hybridized carbons (Fsp3) is 0.571. The van der Waals surface area contributed by atoms with Gasteiger partial charge in [0.25, 0.3) is 5.69 Å². The standard InChI is InChI=1S/C14H20N2O5/c1-20-12-4-2-3-11(16(18)19)13(12)15-9-14(10-17)5-7-21-8-6-14/h2-4,15,17H,5-10H2,1H3. The van der Waals surface area contributed by atoms with Gasteiger partial charge in [-0.25, -0.2) is 0 Å². The second kappa shape index (κ2) is 6.73. The number of nitro benzene ring substituents is 1. The summed E-state index contributed by atoms with van der Waals surface area (Å²) in [6.45, 7) is 1.65. The highest BCUT2D eigenvalue weighted by Crippen LogP contribution is 2.36. The molecule has 21 heavy (non-hydrogen) atoms. The molecule has 0 aromatic heterocycles. The number of methoxy groups -OCH3 is 1. The maximum absolute atomic E-state index is 11.1. The molecule has 2 N–H and O–H groups in total. The minimum absolute atomic E-state index is 0.0201. The average molecular weight is 296 g/mol. The average Bonchev–Trinajstić information content (AvgIpc) is 2.53. The van der Waals surface area contributed by atoms with Crippen molar-refractivity contribution in [1.29, 1.82) is 0 Å². The molecule has 1 aliphatic rings. The zero-order valence-corrected chi connectivity index (χ0v) is 12.0. The molecule has 1 aromatic rings. The molecule has 0 amide bonds. The minimum atomic E-state index is -0.444. The Bertz CT molecular complexity index is 500. The molecule has 1 heterocycles. The summed E-state index contributed by atoms with van der Waals surface area (Å²) in [5, 5.41) is 23.9. The third kappa shape index (κ3) is 3.43. The molecule has 1 saturated heterocycles. The number of nitrogens with one attached hydrogen (secondary N) is 1. The minimum Gasteiger partial charge on any atom is -0.494 e. The summed E-state index contributed by atoms with van der Waals surface area (Å²) >= 11 is 0. The van der Waals surface area contributed by atoms with Crippen LogP contribution in [0.3, 0.4) is 0 Å². The summed E-state index contributed by atoms with van der Waals surface area (Å²) in [7, 11) is 1.47. The summed E-state index contributed by atoms with van der Waals surface area (Å²) in [5.41, 5.74) is 0.00582. The molecule has 7 nitrogen and oxygen atoms in total. The number of ether oxygens (including phenoxy) is 2. The number of rotatable bonds is 6. The van der Waals surface area contributed by atoms with E-state index >= 15 is 0 Å². The van der Waals surface area contributed by atoms with Gasteiger partial charge >= 0.3 is 0 Å². The first-order valence-electron chi connectivity index (χ1n) is 6.86. The Morgan fingerprint density at radius 3 is 2.76 bits per heavy atom. The topological polar surface area (TPSA) is 93.9 Å². The molecule has 0 saturated carbocycles. The largest absolute Gasteiger partial charge is 0.494 e. The molecule has 0 atom stereocenters. The van der Waals surface area contributed by atoms with E-state index in [9.17, 15) is 15.2 Å². The van der Waals surface area contributed by atoms with Crippen LogP contribution in [0.15, 0.2) is 18.2 Å². The molecule has 0 aliphatic carbocycles. The predicted octanol–water partition coefficient (Wildman–Crippen LogP) is 1.80. The van der Waals surface area contributed by atoms with Gasteiger partial charge in [-0.2, -0.15) is 0 Å². The first-order chi connectivity index (χ1) is 10.1. The van der Waals surface area contributed by atoms with Crippen molar-refractivity contribution in [3.63, 3.8) is 0 Å². The van der Waals surface area contributed by atoms with Crippen molar-refractivity contribution < 1.29 is 19.5 Å². The van der Waals surface area contributed by atoms with Crippen LogP contribution in [-0.4, -0.2) is 43.5 Å². The number of hydrogen-bond acceptors (Lipinski definition) is 6. The third-order valence-corrected chi connectivity index (χ3v) is 3.95. The lowest BCUT2D eigenvalue weighted by atomic mass is 9.81. The highest BCUT2D eigenvalue weighted by molar-refractivity contribution is 5.70. The SMILES string of the molecule is COc1cccc([N+](=O)[O-])c1NCC1(CO)CCOCC1. The van der Waals surface area contributed by atoms with Crippen LogP contribution < -0.4 is 10.1 Å². The van der Waals surface area contributed by atoms with Gasteiger partial charge in [-0.05, 0) is 18.9 Å². The normalized spacial score (nSPS) is 17.2. The van der Waals surface area contributed by atoms with E-state index < -0.39 is 4.92 Å². The summed E-state index contributed by atoms with van der Waals surface area (Å²) in [4.78, 5) is 10.7. The number of nitrogens with zero attached hydrogens (tertiary/aromatic N) is 1. The smallest absolute Gasteiger partial charge is 0.296 e. The van der Waals surface area contributed by atoms with E-state index in [4.69, 9.17) is 9.47 Å². The van der Waals surface area contributed by atoms with Gasteiger partial charge in [0, 0.05) is 31.2 Å². The molecule has 0 radical (unpaired) electrons. The highest BCUT2D eigenvalue weighted by atomic mass is 16.6. The van der Waals surface area contributed by atoms with Crippen molar-refractivity contribution in [2.24, 2.45) is 5.41 Å². The monoisotopic (exact) mass is 296 g/mol. The fourth-order valence-corrected chi connectivity index (χ4v) is 2.49. The van der Waals surface area contributed by atoms with Gasteiger partial charge in [-0.3, -0.25) is 10.1 Å². The Hall–Kier alpha value is -1.86. The number of anilines is 1. The quantitative estimate of drug-likeness (QED) is 0.614. The van der Waals surface area contributed by atoms with Gasteiger partial charge < -0.3 is 19.9 Å². The molecule has 7 heteroatoms. The first kappa shape index (κ1) is 15.5. The molecule has 1 fully saturated rings. The fourth-order valence-electron chi connectivity index (χ4n) is 2.49. The summed E-state index contributed by atoms with van der Waals surface area (Å²) in [5.74, 6) is 0.421. The van der Waals surface area contributed by atoms with Crippen molar-refractivity contribution in [3.8, 4) is 5.75 Å². The number of benzene rings is 1. The molecule has 2 rings (SSSR count). The van der Waals surface area contributed by atoms with E-state index in [-0.39, 0.29) is 17.7 Å². The van der Waals surface area contributed by atoms with Crippen molar-refractivity contribution in [2.45, 2.75) is 12.8 Å². The molecule has 1 aliphatic heterocycles. The number of nitro groups is 1. The number of hydrogen-bond donors (Lipinski definition) is 2. The van der Waals surface area contributed by atoms with Gasteiger partial charge in [-0.1, -0.05) is 6.07 Å². The van der Waals surface area contributed by atoms with Crippen LogP contribution in [0, 0.1) is 15.5 Å². The van der Waals surface area contributed by atoms with Crippen LogP contribution in [0.5, 0.6) is 5.75 Å². The number of para-hydroxylation sites is 1. The van der Waals surface area contributed by atoms with Crippen LogP contribution in [-0.2, 0) is 4.74 Å². The Balaban J connectivity index is 2.20. The van der Waals surface area contributed by atoms with Crippen LogP contribution in [0.4, 0.5) is 11.4 Å². The zero-order chi connectivity index (χ0) is 15.3. The summed E-state index contributed by atoms with van der Waals surface area (Å²) in [6, 6.07) is 4.68. The molecular formula is C14H20N2O5. The maximum Gasteiger partial charge on any atom is 0.296 e. The Morgan fingerprint density at radius 1 is 1.48 bits per heavy atom. The summed E-state index contributed by atoms with van der Waals surface area (Å²) < 4.78 is 10.5. The van der Waals surface area contributed by atoms with Crippen molar-refractivity contribution in [3.05, 3.63) is 28.3 Å². The van der Waals surface area contributed by atoms with Crippen LogP contribution >= 0.6 is 0 Å². The predicted molar refractivity (Wildman–Crippen MR) is 77.7 cm³/mol. The lowest BCUT2D eigenvalue weighted by Gasteiger charge is -2.35. The Morgan fingerprint density at radius 2 is 2.19 bits per heavy atom. The van der Waals surface area contributed by atoms with Crippen molar-refractivity contribution >= 4 is 11.4 Å². The van der Waals surface area contributed by atoms with Crippen LogP contribution in [0.2, 0.25) is 0 Å².